The van der Waals surface area contributed by atoms with Crippen LogP contribution in [0, 0.1) is 19.7 Å². The van der Waals surface area contributed by atoms with E-state index in [-0.39, 0.29) is 11.9 Å². The molecule has 3 heteroatoms. The van der Waals surface area contributed by atoms with Crippen molar-refractivity contribution in [3.05, 3.63) is 33.6 Å². The van der Waals surface area contributed by atoms with Crippen LogP contribution >= 0.6 is 11.6 Å². The highest BCUT2D eigenvalue weighted by Gasteiger charge is 2.20. The summed E-state index contributed by atoms with van der Waals surface area (Å²) in [6, 6.07) is 2.18. The lowest BCUT2D eigenvalue weighted by Crippen LogP contribution is -2.27. The highest BCUT2D eigenvalue weighted by atomic mass is 35.5. The molecule has 0 aliphatic carbocycles. The molecule has 88 valence electrons. The summed E-state index contributed by atoms with van der Waals surface area (Å²) in [4.78, 5) is 0. The Morgan fingerprint density at radius 3 is 2.69 bits per heavy atom. The van der Waals surface area contributed by atoms with Gasteiger partial charge in [-0.15, -0.1) is 0 Å². The molecule has 1 N–H and O–H groups in total. The second kappa shape index (κ2) is 4.72. The Bertz CT molecular complexity index is 397. The Labute approximate surface area is 101 Å². The molecule has 1 heterocycles. The molecule has 0 bridgehead atoms. The standard InChI is InChI=1S/C13H17ClFN/c1-8-10(12-5-3-4-6-16-12)7-11(14)9(2)13(8)15/h7,12,16H,3-6H2,1-2H3. The van der Waals surface area contributed by atoms with E-state index in [0.29, 0.717) is 10.6 Å². The molecule has 1 atom stereocenters. The molecule has 0 spiro atoms. The summed E-state index contributed by atoms with van der Waals surface area (Å²) >= 11 is 6.04. The van der Waals surface area contributed by atoms with E-state index in [4.69, 9.17) is 11.6 Å². The van der Waals surface area contributed by atoms with Gasteiger partial charge in [-0.2, -0.15) is 0 Å². The molecular formula is C13H17ClFN. The smallest absolute Gasteiger partial charge is 0.130 e. The average molecular weight is 242 g/mol. The highest BCUT2D eigenvalue weighted by Crippen LogP contribution is 2.31. The molecule has 0 aromatic heterocycles. The molecular weight excluding hydrogens is 225 g/mol. The van der Waals surface area contributed by atoms with Crippen molar-refractivity contribution in [2.24, 2.45) is 0 Å². The minimum atomic E-state index is -0.158. The van der Waals surface area contributed by atoms with Gasteiger partial charge in [-0.05, 0) is 50.4 Å². The number of nitrogens with one attached hydrogen (secondary N) is 1. The molecule has 1 aliphatic rings. The molecule has 1 unspecified atom stereocenters. The van der Waals surface area contributed by atoms with Crippen molar-refractivity contribution in [3.63, 3.8) is 0 Å². The lowest BCUT2D eigenvalue weighted by molar-refractivity contribution is 0.409. The molecule has 1 aromatic carbocycles. The molecule has 1 aliphatic heterocycles. The van der Waals surface area contributed by atoms with Gasteiger partial charge < -0.3 is 5.32 Å². The van der Waals surface area contributed by atoms with Gasteiger partial charge >= 0.3 is 0 Å². The quantitative estimate of drug-likeness (QED) is 0.786. The van der Waals surface area contributed by atoms with Crippen LogP contribution in [0.15, 0.2) is 6.07 Å². The van der Waals surface area contributed by atoms with E-state index in [9.17, 15) is 4.39 Å². The number of halogens is 2. The number of rotatable bonds is 1. The van der Waals surface area contributed by atoms with E-state index in [1.54, 1.807) is 6.92 Å². The van der Waals surface area contributed by atoms with Crippen molar-refractivity contribution in [1.82, 2.24) is 5.32 Å². The van der Waals surface area contributed by atoms with Crippen LogP contribution < -0.4 is 5.32 Å². The van der Waals surface area contributed by atoms with Crippen LogP contribution in [0.2, 0.25) is 5.02 Å². The van der Waals surface area contributed by atoms with Gasteiger partial charge in [0.25, 0.3) is 0 Å². The Kier molecular flexibility index (Phi) is 3.50. The molecule has 0 radical (unpaired) electrons. The van der Waals surface area contributed by atoms with E-state index >= 15 is 0 Å². The maximum absolute atomic E-state index is 13.9. The summed E-state index contributed by atoms with van der Waals surface area (Å²) in [5.41, 5.74) is 2.31. The number of piperidine rings is 1. The van der Waals surface area contributed by atoms with Gasteiger partial charge in [0.15, 0.2) is 0 Å². The van der Waals surface area contributed by atoms with Gasteiger partial charge in [0.05, 0.1) is 0 Å². The predicted octanol–water partition coefficient (Wildman–Crippen LogP) is 3.91. The fraction of sp³-hybridized carbons (Fsp3) is 0.538. The van der Waals surface area contributed by atoms with Crippen LogP contribution in [0.5, 0.6) is 0 Å². The number of hydrogen-bond acceptors (Lipinski definition) is 1. The summed E-state index contributed by atoms with van der Waals surface area (Å²) in [5.74, 6) is -0.158. The van der Waals surface area contributed by atoms with Crippen LogP contribution in [0.1, 0.15) is 42.0 Å². The maximum Gasteiger partial charge on any atom is 0.130 e. The summed E-state index contributed by atoms with van der Waals surface area (Å²) in [5, 5.41) is 3.96. The third kappa shape index (κ3) is 2.09. The third-order valence-corrected chi connectivity index (χ3v) is 3.81. The molecule has 0 saturated carbocycles. The van der Waals surface area contributed by atoms with Crippen molar-refractivity contribution < 1.29 is 4.39 Å². The summed E-state index contributed by atoms with van der Waals surface area (Å²) in [6.07, 6.45) is 3.47. The summed E-state index contributed by atoms with van der Waals surface area (Å²) in [6.45, 7) is 4.57. The largest absolute Gasteiger partial charge is 0.310 e. The van der Waals surface area contributed by atoms with Crippen LogP contribution in [0.25, 0.3) is 0 Å². The van der Waals surface area contributed by atoms with Crippen LogP contribution in [-0.4, -0.2) is 6.54 Å². The van der Waals surface area contributed by atoms with Crippen molar-refractivity contribution in [2.75, 3.05) is 6.54 Å². The average Bonchev–Trinajstić information content (AvgIpc) is 2.32. The molecule has 16 heavy (non-hydrogen) atoms. The minimum Gasteiger partial charge on any atom is -0.310 e. The zero-order valence-electron chi connectivity index (χ0n) is 9.74. The molecule has 1 nitrogen and oxygen atoms in total. The van der Waals surface area contributed by atoms with Crippen LogP contribution in [0.3, 0.4) is 0 Å². The molecule has 2 rings (SSSR count). The Morgan fingerprint density at radius 1 is 1.31 bits per heavy atom. The van der Waals surface area contributed by atoms with Gasteiger partial charge in [-0.3, -0.25) is 0 Å². The van der Waals surface area contributed by atoms with E-state index in [0.717, 1.165) is 24.1 Å². The molecule has 1 aromatic rings. The topological polar surface area (TPSA) is 12.0 Å². The highest BCUT2D eigenvalue weighted by molar-refractivity contribution is 6.31. The van der Waals surface area contributed by atoms with E-state index in [1.165, 1.54) is 12.8 Å². The number of benzene rings is 1. The van der Waals surface area contributed by atoms with Gasteiger partial charge in [-0.1, -0.05) is 18.0 Å². The van der Waals surface area contributed by atoms with Gasteiger partial charge in [-0.25, -0.2) is 4.39 Å². The Morgan fingerprint density at radius 2 is 2.06 bits per heavy atom. The first-order chi connectivity index (χ1) is 7.61. The van der Waals surface area contributed by atoms with Crippen molar-refractivity contribution >= 4 is 11.6 Å². The Hall–Kier alpha value is -0.600. The van der Waals surface area contributed by atoms with E-state index in [2.05, 4.69) is 5.32 Å². The van der Waals surface area contributed by atoms with Crippen LogP contribution in [0.4, 0.5) is 4.39 Å². The minimum absolute atomic E-state index is 0.158. The van der Waals surface area contributed by atoms with Gasteiger partial charge in [0.2, 0.25) is 0 Å². The fourth-order valence-corrected chi connectivity index (χ4v) is 2.55. The summed E-state index contributed by atoms with van der Waals surface area (Å²) < 4.78 is 13.9. The van der Waals surface area contributed by atoms with Gasteiger partial charge in [0, 0.05) is 16.6 Å². The predicted molar refractivity (Wildman–Crippen MR) is 65.5 cm³/mol. The Balaban J connectivity index is 2.40. The normalized spacial score (nSPS) is 21.1. The number of hydrogen-bond donors (Lipinski definition) is 1. The van der Waals surface area contributed by atoms with E-state index < -0.39 is 0 Å². The summed E-state index contributed by atoms with van der Waals surface area (Å²) in [7, 11) is 0. The van der Waals surface area contributed by atoms with E-state index in [1.807, 2.05) is 13.0 Å². The lowest BCUT2D eigenvalue weighted by Gasteiger charge is -2.26. The monoisotopic (exact) mass is 241 g/mol. The molecule has 1 saturated heterocycles. The first kappa shape index (κ1) is 11.9. The second-order valence-corrected chi connectivity index (χ2v) is 4.92. The first-order valence-corrected chi connectivity index (χ1v) is 6.17. The SMILES string of the molecule is Cc1c(Cl)cc(C2CCCCN2)c(C)c1F. The lowest BCUT2D eigenvalue weighted by atomic mass is 9.93. The molecule has 0 amide bonds. The molecule has 1 fully saturated rings. The fourth-order valence-electron chi connectivity index (χ4n) is 2.35. The van der Waals surface area contributed by atoms with Crippen LogP contribution in [-0.2, 0) is 0 Å². The first-order valence-electron chi connectivity index (χ1n) is 5.79. The van der Waals surface area contributed by atoms with Gasteiger partial charge in [0.1, 0.15) is 5.82 Å². The van der Waals surface area contributed by atoms with Crippen molar-refractivity contribution in [1.29, 1.82) is 0 Å². The third-order valence-electron chi connectivity index (χ3n) is 3.42. The second-order valence-electron chi connectivity index (χ2n) is 4.51. The van der Waals surface area contributed by atoms with Crippen molar-refractivity contribution in [2.45, 2.75) is 39.2 Å². The zero-order valence-corrected chi connectivity index (χ0v) is 10.5. The zero-order chi connectivity index (χ0) is 11.7. The maximum atomic E-state index is 13.9. The van der Waals surface area contributed by atoms with Crippen molar-refractivity contribution in [3.8, 4) is 0 Å².